The van der Waals surface area contributed by atoms with Crippen LogP contribution < -0.4 is 4.74 Å². The van der Waals surface area contributed by atoms with Crippen LogP contribution in [-0.2, 0) is 6.61 Å². The van der Waals surface area contributed by atoms with Gasteiger partial charge in [-0.25, -0.2) is 4.98 Å². The molecule has 1 heterocycles. The zero-order valence-electron chi connectivity index (χ0n) is 10.9. The summed E-state index contributed by atoms with van der Waals surface area (Å²) in [5.41, 5.74) is 3.85. The molecular formula is C15H17NO2. The van der Waals surface area contributed by atoms with E-state index in [2.05, 4.69) is 4.98 Å². The summed E-state index contributed by atoms with van der Waals surface area (Å²) in [7, 11) is 0. The molecule has 0 bridgehead atoms. The average molecular weight is 243 g/mol. The lowest BCUT2D eigenvalue weighted by molar-refractivity contribution is 0.281. The Morgan fingerprint density at radius 2 is 1.89 bits per heavy atom. The van der Waals surface area contributed by atoms with Crippen molar-refractivity contribution >= 4 is 0 Å². The Kier molecular flexibility index (Phi) is 3.63. The highest BCUT2D eigenvalue weighted by atomic mass is 16.5. The number of hydrogen-bond donors (Lipinski definition) is 1. The van der Waals surface area contributed by atoms with Crippen molar-refractivity contribution in [3.8, 4) is 11.6 Å². The molecule has 0 atom stereocenters. The van der Waals surface area contributed by atoms with E-state index in [1.807, 2.05) is 45.0 Å². The van der Waals surface area contributed by atoms with Gasteiger partial charge in [-0.1, -0.05) is 12.1 Å². The van der Waals surface area contributed by atoms with Crippen molar-refractivity contribution in [2.45, 2.75) is 27.4 Å². The first-order chi connectivity index (χ1) is 8.58. The van der Waals surface area contributed by atoms with E-state index in [-0.39, 0.29) is 6.61 Å². The minimum absolute atomic E-state index is 0.00742. The van der Waals surface area contributed by atoms with E-state index in [0.29, 0.717) is 5.88 Å². The minimum atomic E-state index is -0.00742. The van der Waals surface area contributed by atoms with E-state index in [1.165, 1.54) is 0 Å². The van der Waals surface area contributed by atoms with Gasteiger partial charge >= 0.3 is 0 Å². The highest BCUT2D eigenvalue weighted by molar-refractivity contribution is 5.39. The lowest BCUT2D eigenvalue weighted by Gasteiger charge is -2.10. The molecule has 3 nitrogen and oxygen atoms in total. The Balaban J connectivity index is 2.33. The van der Waals surface area contributed by atoms with Crippen LogP contribution in [-0.4, -0.2) is 10.1 Å². The fourth-order valence-electron chi connectivity index (χ4n) is 1.78. The highest BCUT2D eigenvalue weighted by Gasteiger charge is 2.05. The maximum absolute atomic E-state index is 9.17. The van der Waals surface area contributed by atoms with Crippen molar-refractivity contribution < 1.29 is 9.84 Å². The van der Waals surface area contributed by atoms with E-state index in [1.54, 1.807) is 6.07 Å². The number of aryl methyl sites for hydroxylation is 3. The largest absolute Gasteiger partial charge is 0.439 e. The van der Waals surface area contributed by atoms with Gasteiger partial charge in [-0.3, -0.25) is 0 Å². The number of benzene rings is 1. The van der Waals surface area contributed by atoms with Crippen molar-refractivity contribution in [1.82, 2.24) is 4.98 Å². The average Bonchev–Trinajstić information content (AvgIpc) is 2.33. The molecule has 0 saturated heterocycles. The number of nitrogens with zero attached hydrogens (tertiary/aromatic N) is 1. The molecule has 1 N–H and O–H groups in total. The Bertz CT molecular complexity index is 564. The summed E-state index contributed by atoms with van der Waals surface area (Å²) in [5, 5.41) is 9.17. The molecule has 0 saturated carbocycles. The Hall–Kier alpha value is -1.87. The van der Waals surface area contributed by atoms with Crippen LogP contribution in [0.1, 0.15) is 22.4 Å². The summed E-state index contributed by atoms with van der Waals surface area (Å²) in [4.78, 5) is 4.31. The van der Waals surface area contributed by atoms with E-state index >= 15 is 0 Å². The SMILES string of the molecule is Cc1ccc(C)c(Oc2cc(CO)cc(C)n2)c1. The summed E-state index contributed by atoms with van der Waals surface area (Å²) < 4.78 is 5.79. The lowest BCUT2D eigenvalue weighted by atomic mass is 10.1. The van der Waals surface area contributed by atoms with E-state index in [9.17, 15) is 0 Å². The number of rotatable bonds is 3. The van der Waals surface area contributed by atoms with Crippen LogP contribution >= 0.6 is 0 Å². The molecule has 0 fully saturated rings. The molecule has 3 heteroatoms. The number of aliphatic hydroxyl groups excluding tert-OH is 1. The normalized spacial score (nSPS) is 10.4. The fraction of sp³-hybridized carbons (Fsp3) is 0.267. The van der Waals surface area contributed by atoms with Gasteiger partial charge < -0.3 is 9.84 Å². The zero-order chi connectivity index (χ0) is 13.1. The standard InChI is InChI=1S/C15H17NO2/c1-10-4-5-11(2)14(6-10)18-15-8-13(9-17)7-12(3)16-15/h4-8,17H,9H2,1-3H3. The number of ether oxygens (including phenoxy) is 1. The van der Waals surface area contributed by atoms with Crippen LogP contribution in [0.5, 0.6) is 11.6 Å². The van der Waals surface area contributed by atoms with Gasteiger partial charge in [-0.15, -0.1) is 0 Å². The van der Waals surface area contributed by atoms with Gasteiger partial charge in [0.15, 0.2) is 0 Å². The Labute approximate surface area is 107 Å². The van der Waals surface area contributed by atoms with Crippen molar-refractivity contribution in [3.05, 3.63) is 52.7 Å². The summed E-state index contributed by atoms with van der Waals surface area (Å²) in [6.45, 7) is 5.90. The molecule has 0 radical (unpaired) electrons. The second-order valence-electron chi connectivity index (χ2n) is 4.48. The fourth-order valence-corrected chi connectivity index (χ4v) is 1.78. The Morgan fingerprint density at radius 1 is 1.11 bits per heavy atom. The van der Waals surface area contributed by atoms with E-state index in [0.717, 1.165) is 28.1 Å². The van der Waals surface area contributed by atoms with Gasteiger partial charge in [0.1, 0.15) is 5.75 Å². The molecule has 0 aliphatic heterocycles. The first kappa shape index (κ1) is 12.6. The predicted octanol–water partition coefficient (Wildman–Crippen LogP) is 3.29. The smallest absolute Gasteiger partial charge is 0.219 e. The lowest BCUT2D eigenvalue weighted by Crippen LogP contribution is -1.95. The quantitative estimate of drug-likeness (QED) is 0.899. The predicted molar refractivity (Wildman–Crippen MR) is 70.9 cm³/mol. The summed E-state index contributed by atoms with van der Waals surface area (Å²) in [5.74, 6) is 1.32. The van der Waals surface area contributed by atoms with Gasteiger partial charge in [0.2, 0.25) is 5.88 Å². The number of hydrogen-bond acceptors (Lipinski definition) is 3. The second-order valence-corrected chi connectivity index (χ2v) is 4.48. The van der Waals surface area contributed by atoms with Crippen molar-refractivity contribution in [2.24, 2.45) is 0 Å². The van der Waals surface area contributed by atoms with Gasteiger partial charge in [0, 0.05) is 11.8 Å². The van der Waals surface area contributed by atoms with Gasteiger partial charge in [0.05, 0.1) is 6.61 Å². The molecule has 0 aliphatic carbocycles. The highest BCUT2D eigenvalue weighted by Crippen LogP contribution is 2.25. The van der Waals surface area contributed by atoms with Crippen LogP contribution in [0.4, 0.5) is 0 Å². The first-order valence-electron chi connectivity index (χ1n) is 5.92. The van der Waals surface area contributed by atoms with Gasteiger partial charge in [0.25, 0.3) is 0 Å². The molecule has 0 spiro atoms. The zero-order valence-corrected chi connectivity index (χ0v) is 10.9. The molecule has 2 aromatic rings. The number of aliphatic hydroxyl groups is 1. The van der Waals surface area contributed by atoms with Crippen LogP contribution in [0.15, 0.2) is 30.3 Å². The third kappa shape index (κ3) is 2.87. The molecule has 0 aliphatic rings. The van der Waals surface area contributed by atoms with Crippen molar-refractivity contribution in [1.29, 1.82) is 0 Å². The number of pyridine rings is 1. The molecule has 2 rings (SSSR count). The third-order valence-electron chi connectivity index (χ3n) is 2.73. The summed E-state index contributed by atoms with van der Waals surface area (Å²) >= 11 is 0. The number of aromatic nitrogens is 1. The first-order valence-corrected chi connectivity index (χ1v) is 5.92. The molecule has 18 heavy (non-hydrogen) atoms. The second kappa shape index (κ2) is 5.19. The van der Waals surface area contributed by atoms with Crippen LogP contribution in [0.25, 0.3) is 0 Å². The van der Waals surface area contributed by atoms with Crippen molar-refractivity contribution in [2.75, 3.05) is 0 Å². The van der Waals surface area contributed by atoms with E-state index < -0.39 is 0 Å². The van der Waals surface area contributed by atoms with Crippen LogP contribution in [0.2, 0.25) is 0 Å². The summed E-state index contributed by atoms with van der Waals surface area (Å²) in [6.07, 6.45) is 0. The van der Waals surface area contributed by atoms with Gasteiger partial charge in [-0.05, 0) is 49.6 Å². The molecule has 1 aromatic carbocycles. The van der Waals surface area contributed by atoms with Crippen molar-refractivity contribution in [3.63, 3.8) is 0 Å². The van der Waals surface area contributed by atoms with Crippen LogP contribution in [0, 0.1) is 20.8 Å². The molecule has 1 aromatic heterocycles. The third-order valence-corrected chi connectivity index (χ3v) is 2.73. The molecular weight excluding hydrogens is 226 g/mol. The minimum Gasteiger partial charge on any atom is -0.439 e. The molecule has 0 unspecified atom stereocenters. The molecule has 0 amide bonds. The van der Waals surface area contributed by atoms with Gasteiger partial charge in [-0.2, -0.15) is 0 Å². The topological polar surface area (TPSA) is 42.4 Å². The summed E-state index contributed by atoms with van der Waals surface area (Å²) in [6, 6.07) is 9.65. The van der Waals surface area contributed by atoms with Crippen LogP contribution in [0.3, 0.4) is 0 Å². The molecule has 94 valence electrons. The monoisotopic (exact) mass is 243 g/mol. The van der Waals surface area contributed by atoms with E-state index in [4.69, 9.17) is 9.84 Å². The Morgan fingerprint density at radius 3 is 2.61 bits per heavy atom. The maximum Gasteiger partial charge on any atom is 0.219 e. The maximum atomic E-state index is 9.17.